The minimum Gasteiger partial charge on any atom is -0.633 e. The molecule has 0 rings (SSSR count). The highest BCUT2D eigenvalue weighted by Crippen LogP contribution is 2.10. The zero-order chi connectivity index (χ0) is 18.3. The molecule has 2 N–H and O–H groups in total. The normalized spacial score (nSPS) is 13.0. The fourth-order valence-corrected chi connectivity index (χ4v) is 2.85. The van der Waals surface area contributed by atoms with Crippen molar-refractivity contribution in [1.29, 1.82) is 0 Å². The Morgan fingerprint density at radius 2 is 1.46 bits per heavy atom. The standard InChI is InChI=1S/C19H40N2O3/c1-4-7-8-9-10-11-12-13-14-15-19(23)20-16-18(22)17-21(24,5-2)6-3/h18,22H,4-17H2,1-3H3,(H,20,23). The molecule has 0 spiro atoms. The van der Waals surface area contributed by atoms with Crippen molar-refractivity contribution >= 4 is 5.91 Å². The van der Waals surface area contributed by atoms with Gasteiger partial charge in [-0.1, -0.05) is 58.3 Å². The number of nitrogens with zero attached hydrogens (tertiary/aromatic N) is 1. The first-order chi connectivity index (χ1) is 11.5. The number of carbonyl (C=O) groups excluding carboxylic acids is 1. The third kappa shape index (κ3) is 12.7. The molecule has 0 aromatic rings. The van der Waals surface area contributed by atoms with Gasteiger partial charge in [-0.25, -0.2) is 0 Å². The SMILES string of the molecule is CCCCCCCCCCCC(=O)NCC(O)C[N+]([O-])(CC)CC. The lowest BCUT2D eigenvalue weighted by molar-refractivity contribution is -0.880. The average molecular weight is 345 g/mol. The van der Waals surface area contributed by atoms with Gasteiger partial charge in [0.2, 0.25) is 5.91 Å². The van der Waals surface area contributed by atoms with Gasteiger partial charge in [-0.2, -0.15) is 0 Å². The minimum atomic E-state index is -0.769. The fraction of sp³-hybridized carbons (Fsp3) is 0.947. The zero-order valence-electron chi connectivity index (χ0n) is 16.2. The monoisotopic (exact) mass is 344 g/mol. The summed E-state index contributed by atoms with van der Waals surface area (Å²) in [5.74, 6) is -0.0195. The molecule has 1 atom stereocenters. The van der Waals surface area contributed by atoms with Crippen LogP contribution in [-0.2, 0) is 4.79 Å². The van der Waals surface area contributed by atoms with Gasteiger partial charge < -0.3 is 20.3 Å². The Kier molecular flexibility index (Phi) is 14.3. The quantitative estimate of drug-likeness (QED) is 0.254. The molecule has 0 radical (unpaired) electrons. The lowest BCUT2D eigenvalue weighted by Gasteiger charge is -2.42. The van der Waals surface area contributed by atoms with E-state index < -0.39 is 10.8 Å². The molecule has 0 heterocycles. The molecular formula is C19H40N2O3. The highest BCUT2D eigenvalue weighted by molar-refractivity contribution is 5.75. The highest BCUT2D eigenvalue weighted by Gasteiger charge is 2.18. The molecule has 1 unspecified atom stereocenters. The molecule has 144 valence electrons. The number of hydrogen-bond acceptors (Lipinski definition) is 3. The van der Waals surface area contributed by atoms with Crippen LogP contribution in [0.15, 0.2) is 0 Å². The second-order valence-electron chi connectivity index (χ2n) is 6.91. The summed E-state index contributed by atoms with van der Waals surface area (Å²) in [4.78, 5) is 11.8. The number of aliphatic hydroxyl groups is 1. The summed E-state index contributed by atoms with van der Waals surface area (Å²) in [6.45, 7) is 7.09. The maximum Gasteiger partial charge on any atom is 0.220 e. The molecule has 0 aliphatic heterocycles. The molecule has 0 fully saturated rings. The van der Waals surface area contributed by atoms with Crippen LogP contribution >= 0.6 is 0 Å². The van der Waals surface area contributed by atoms with Crippen molar-refractivity contribution in [2.24, 2.45) is 0 Å². The van der Waals surface area contributed by atoms with Gasteiger partial charge in [-0.3, -0.25) is 4.79 Å². The lowest BCUT2D eigenvalue weighted by Crippen LogP contribution is -2.49. The van der Waals surface area contributed by atoms with Crippen molar-refractivity contribution < 1.29 is 14.5 Å². The zero-order valence-corrected chi connectivity index (χ0v) is 16.2. The lowest BCUT2D eigenvalue weighted by atomic mass is 10.1. The first-order valence-electron chi connectivity index (χ1n) is 9.99. The minimum absolute atomic E-state index is 0.0195. The molecule has 1 amide bonds. The molecule has 0 aromatic carbocycles. The number of carbonyl (C=O) groups is 1. The topological polar surface area (TPSA) is 72.4 Å². The Balaban J connectivity index is 3.56. The summed E-state index contributed by atoms with van der Waals surface area (Å²) in [5.41, 5.74) is 0. The van der Waals surface area contributed by atoms with E-state index in [9.17, 15) is 15.1 Å². The van der Waals surface area contributed by atoms with Crippen LogP contribution in [0.4, 0.5) is 0 Å². The summed E-state index contributed by atoms with van der Waals surface area (Å²) in [6.07, 6.45) is 10.8. The van der Waals surface area contributed by atoms with Gasteiger partial charge in [0.15, 0.2) is 0 Å². The van der Waals surface area contributed by atoms with E-state index in [-0.39, 0.29) is 19.0 Å². The van der Waals surface area contributed by atoms with Crippen LogP contribution < -0.4 is 5.32 Å². The van der Waals surface area contributed by atoms with Crippen LogP contribution in [0.3, 0.4) is 0 Å². The molecule has 0 aliphatic rings. The van der Waals surface area contributed by atoms with Gasteiger partial charge in [0.1, 0.15) is 12.6 Å². The second-order valence-corrected chi connectivity index (χ2v) is 6.91. The van der Waals surface area contributed by atoms with Crippen LogP contribution in [0.5, 0.6) is 0 Å². The summed E-state index contributed by atoms with van der Waals surface area (Å²) < 4.78 is -0.407. The Labute approximate surface area is 149 Å². The van der Waals surface area contributed by atoms with Crippen LogP contribution in [-0.4, -0.2) is 47.9 Å². The number of amides is 1. The van der Waals surface area contributed by atoms with Crippen molar-refractivity contribution in [2.75, 3.05) is 26.2 Å². The molecule has 5 heteroatoms. The van der Waals surface area contributed by atoms with Crippen molar-refractivity contribution in [3.8, 4) is 0 Å². The Bertz CT molecular complexity index is 307. The van der Waals surface area contributed by atoms with E-state index >= 15 is 0 Å². The number of unbranched alkanes of at least 4 members (excludes halogenated alkanes) is 8. The third-order valence-electron chi connectivity index (χ3n) is 4.74. The maximum atomic E-state index is 12.1. The summed E-state index contributed by atoms with van der Waals surface area (Å²) in [6, 6.07) is 0. The second kappa shape index (κ2) is 14.7. The number of rotatable bonds is 16. The van der Waals surface area contributed by atoms with E-state index in [1.165, 1.54) is 44.9 Å². The van der Waals surface area contributed by atoms with Gasteiger partial charge in [0, 0.05) is 13.0 Å². The smallest absolute Gasteiger partial charge is 0.220 e. The number of quaternary nitrogens is 1. The van der Waals surface area contributed by atoms with Crippen LogP contribution in [0, 0.1) is 5.21 Å². The molecule has 24 heavy (non-hydrogen) atoms. The van der Waals surface area contributed by atoms with Gasteiger partial charge >= 0.3 is 0 Å². The molecule has 0 aliphatic carbocycles. The van der Waals surface area contributed by atoms with E-state index in [0.717, 1.165) is 12.8 Å². The Hall–Kier alpha value is -0.650. The van der Waals surface area contributed by atoms with Crippen molar-refractivity contribution in [3.63, 3.8) is 0 Å². The van der Waals surface area contributed by atoms with Crippen molar-refractivity contribution in [3.05, 3.63) is 5.21 Å². The van der Waals surface area contributed by atoms with Gasteiger partial charge in [0.05, 0.1) is 13.1 Å². The van der Waals surface area contributed by atoms with Crippen molar-refractivity contribution in [2.45, 2.75) is 91.1 Å². The summed E-state index contributed by atoms with van der Waals surface area (Å²) >= 11 is 0. The number of likely N-dealkylation sites (N-methyl/N-ethyl adjacent to an activating group) is 1. The van der Waals surface area contributed by atoms with Gasteiger partial charge in [-0.05, 0) is 20.3 Å². The van der Waals surface area contributed by atoms with Crippen LogP contribution in [0.2, 0.25) is 0 Å². The van der Waals surface area contributed by atoms with E-state index in [4.69, 9.17) is 0 Å². The molecule has 0 bridgehead atoms. The molecule has 5 nitrogen and oxygen atoms in total. The van der Waals surface area contributed by atoms with Crippen molar-refractivity contribution in [1.82, 2.24) is 5.32 Å². The number of aliphatic hydroxyl groups excluding tert-OH is 1. The maximum absolute atomic E-state index is 12.1. The van der Waals surface area contributed by atoms with Crippen LogP contribution in [0.25, 0.3) is 0 Å². The Morgan fingerprint density at radius 3 is 1.96 bits per heavy atom. The number of hydrogen-bond donors (Lipinski definition) is 2. The molecular weight excluding hydrogens is 304 g/mol. The number of hydroxylamine groups is 3. The first kappa shape index (κ1) is 23.4. The van der Waals surface area contributed by atoms with E-state index in [1.807, 2.05) is 13.8 Å². The summed E-state index contributed by atoms with van der Waals surface area (Å²) in [5, 5.41) is 24.8. The first-order valence-corrected chi connectivity index (χ1v) is 9.99. The number of nitrogens with one attached hydrogen (secondary N) is 1. The van der Waals surface area contributed by atoms with E-state index in [2.05, 4.69) is 12.2 Å². The molecule has 0 saturated carbocycles. The van der Waals surface area contributed by atoms with E-state index in [0.29, 0.717) is 19.5 Å². The summed E-state index contributed by atoms with van der Waals surface area (Å²) in [7, 11) is 0. The molecule has 0 saturated heterocycles. The Morgan fingerprint density at radius 1 is 0.958 bits per heavy atom. The largest absolute Gasteiger partial charge is 0.633 e. The predicted octanol–water partition coefficient (Wildman–Crippen LogP) is 3.74. The average Bonchev–Trinajstić information content (AvgIpc) is 2.58. The highest BCUT2D eigenvalue weighted by atomic mass is 16.5. The van der Waals surface area contributed by atoms with E-state index in [1.54, 1.807) is 0 Å². The molecule has 0 aromatic heterocycles. The third-order valence-corrected chi connectivity index (χ3v) is 4.74. The fourth-order valence-electron chi connectivity index (χ4n) is 2.85. The van der Waals surface area contributed by atoms with Gasteiger partial charge in [-0.15, -0.1) is 0 Å². The van der Waals surface area contributed by atoms with Gasteiger partial charge in [0.25, 0.3) is 0 Å². The predicted molar refractivity (Wildman–Crippen MR) is 100 cm³/mol. The van der Waals surface area contributed by atoms with Crippen LogP contribution in [0.1, 0.15) is 85.0 Å².